The zero-order valence-corrected chi connectivity index (χ0v) is 21.2. The lowest BCUT2D eigenvalue weighted by Gasteiger charge is -2.35. The van der Waals surface area contributed by atoms with Crippen molar-refractivity contribution >= 4 is 59.6 Å². The van der Waals surface area contributed by atoms with Crippen molar-refractivity contribution in [2.75, 3.05) is 0 Å². The first-order valence-electron chi connectivity index (χ1n) is 11.9. The van der Waals surface area contributed by atoms with Crippen molar-refractivity contribution in [3.05, 3.63) is 141 Å². The number of halogens is 1. The van der Waals surface area contributed by atoms with E-state index >= 15 is 0 Å². The van der Waals surface area contributed by atoms with E-state index in [0.717, 1.165) is 4.47 Å². The summed E-state index contributed by atoms with van der Waals surface area (Å²) in [5, 5.41) is 2.70. The van der Waals surface area contributed by atoms with Gasteiger partial charge in [-0.3, -0.25) is 0 Å². The van der Waals surface area contributed by atoms with Crippen LogP contribution in [0.1, 0.15) is 33.4 Å². The van der Waals surface area contributed by atoms with Crippen molar-refractivity contribution in [2.45, 2.75) is 5.41 Å². The minimum atomic E-state index is -0.369. The maximum Gasteiger partial charge on any atom is 0.0725 e. The largest absolute Gasteiger partial charge is 0.135 e. The van der Waals surface area contributed by atoms with Crippen molar-refractivity contribution in [2.24, 2.45) is 0 Å². The van der Waals surface area contributed by atoms with Crippen LogP contribution in [0.25, 0.3) is 43.5 Å². The fourth-order valence-corrected chi connectivity index (χ4v) is 7.90. The van der Waals surface area contributed by atoms with Gasteiger partial charge in [0.25, 0.3) is 0 Å². The highest BCUT2D eigenvalue weighted by molar-refractivity contribution is 9.10. The average Bonchev–Trinajstić information content (AvgIpc) is 3.34. The van der Waals surface area contributed by atoms with Crippen molar-refractivity contribution in [3.63, 3.8) is 0 Å². The number of thiophene rings is 1. The highest BCUT2D eigenvalue weighted by Gasteiger charge is 2.48. The fraction of sp³-hybridized carbons (Fsp3) is 0.0303. The van der Waals surface area contributed by atoms with Gasteiger partial charge in [0.1, 0.15) is 0 Å². The third-order valence-electron chi connectivity index (χ3n) is 7.77. The second kappa shape index (κ2) is 7.04. The molecule has 0 fully saturated rings. The maximum absolute atomic E-state index is 3.73. The van der Waals surface area contributed by atoms with E-state index in [1.165, 1.54) is 64.7 Å². The van der Waals surface area contributed by atoms with Gasteiger partial charge in [-0.05, 0) is 74.8 Å². The molecular formula is C33H19BrS. The van der Waals surface area contributed by atoms with Crippen LogP contribution in [0.15, 0.2) is 108 Å². The third kappa shape index (κ3) is 2.51. The zero-order chi connectivity index (χ0) is 23.1. The minimum Gasteiger partial charge on any atom is -0.135 e. The van der Waals surface area contributed by atoms with Crippen molar-refractivity contribution in [1.29, 1.82) is 0 Å². The molecule has 0 saturated heterocycles. The molecule has 35 heavy (non-hydrogen) atoms. The van der Waals surface area contributed by atoms with E-state index in [-0.39, 0.29) is 5.41 Å². The molecule has 2 heteroatoms. The first-order valence-corrected chi connectivity index (χ1v) is 13.5. The van der Waals surface area contributed by atoms with Gasteiger partial charge in [-0.2, -0.15) is 0 Å². The fourth-order valence-electron chi connectivity index (χ4n) is 6.40. The Labute approximate surface area is 216 Å². The molecule has 1 spiro atoms. The Balaban J connectivity index is 1.61. The molecule has 5 aromatic carbocycles. The second-order valence-electron chi connectivity index (χ2n) is 9.44. The monoisotopic (exact) mass is 526 g/mol. The number of fused-ring (bicyclic) bond motifs is 12. The molecule has 8 rings (SSSR count). The van der Waals surface area contributed by atoms with Crippen molar-refractivity contribution in [3.8, 4) is 11.1 Å². The molecule has 164 valence electrons. The van der Waals surface area contributed by atoms with E-state index in [1.54, 1.807) is 0 Å². The highest BCUT2D eigenvalue weighted by atomic mass is 79.9. The lowest BCUT2D eigenvalue weighted by Crippen LogP contribution is -2.29. The van der Waals surface area contributed by atoms with Gasteiger partial charge in [0.2, 0.25) is 0 Å². The van der Waals surface area contributed by atoms with Crippen LogP contribution >= 0.6 is 27.3 Å². The maximum atomic E-state index is 3.73. The molecule has 1 atom stereocenters. The summed E-state index contributed by atoms with van der Waals surface area (Å²) >= 11 is 5.63. The Morgan fingerprint density at radius 2 is 1.26 bits per heavy atom. The molecule has 0 amide bonds. The first kappa shape index (κ1) is 19.8. The summed E-state index contributed by atoms with van der Waals surface area (Å²) in [6.45, 7) is 0. The zero-order valence-electron chi connectivity index (χ0n) is 18.8. The number of hydrogen-bond donors (Lipinski definition) is 0. The Bertz CT molecular complexity index is 1870. The average molecular weight is 527 g/mol. The Hall–Kier alpha value is -3.46. The van der Waals surface area contributed by atoms with Gasteiger partial charge in [0, 0.05) is 24.6 Å². The van der Waals surface area contributed by atoms with Crippen molar-refractivity contribution in [1.82, 2.24) is 0 Å². The first-order chi connectivity index (χ1) is 17.2. The lowest BCUT2D eigenvalue weighted by atomic mass is 9.66. The lowest BCUT2D eigenvalue weighted by molar-refractivity contribution is 0.767. The summed E-state index contributed by atoms with van der Waals surface area (Å²) in [5.74, 6) is 0. The standard InChI is InChI=1S/C33H19BrS/c34-22-15-16-28-21(17-22)14-13-20-7-1-4-10-27(20)33(28)29-11-5-2-8-23(29)25-18-26-24-9-3-6-12-31(24)35-32(26)19-30(25)33/h1-19H. The molecule has 1 aromatic heterocycles. The van der Waals surface area contributed by atoms with Gasteiger partial charge in [0.15, 0.2) is 0 Å². The quantitative estimate of drug-likeness (QED) is 0.184. The van der Waals surface area contributed by atoms with E-state index in [1.807, 2.05) is 11.3 Å². The molecular weight excluding hydrogens is 508 g/mol. The van der Waals surface area contributed by atoms with Crippen LogP contribution in [-0.2, 0) is 5.41 Å². The molecule has 6 aromatic rings. The molecule has 0 aliphatic heterocycles. The molecule has 0 N–H and O–H groups in total. The Kier molecular flexibility index (Phi) is 3.98. The van der Waals surface area contributed by atoms with E-state index < -0.39 is 0 Å². The van der Waals surface area contributed by atoms with Crippen molar-refractivity contribution < 1.29 is 0 Å². The molecule has 1 unspecified atom stereocenters. The molecule has 2 aliphatic rings. The molecule has 0 nitrogen and oxygen atoms in total. The van der Waals surface area contributed by atoms with Crippen LogP contribution in [0.2, 0.25) is 0 Å². The smallest absolute Gasteiger partial charge is 0.0725 e. The van der Waals surface area contributed by atoms with Gasteiger partial charge in [0.05, 0.1) is 5.41 Å². The van der Waals surface area contributed by atoms with Gasteiger partial charge in [-0.25, -0.2) is 0 Å². The predicted octanol–water partition coefficient (Wildman–Crippen LogP) is 9.66. The summed E-state index contributed by atoms with van der Waals surface area (Å²) in [4.78, 5) is 0. The normalized spacial score (nSPS) is 17.3. The Morgan fingerprint density at radius 3 is 2.20 bits per heavy atom. The van der Waals surface area contributed by atoms with E-state index in [2.05, 4.69) is 131 Å². The van der Waals surface area contributed by atoms with Gasteiger partial charge < -0.3 is 0 Å². The summed E-state index contributed by atoms with van der Waals surface area (Å²) < 4.78 is 3.81. The van der Waals surface area contributed by atoms with Crippen LogP contribution in [0.5, 0.6) is 0 Å². The molecule has 1 heterocycles. The number of rotatable bonds is 0. The van der Waals surface area contributed by atoms with Gasteiger partial charge >= 0.3 is 0 Å². The molecule has 2 aliphatic carbocycles. The third-order valence-corrected chi connectivity index (χ3v) is 9.39. The highest BCUT2D eigenvalue weighted by Crippen LogP contribution is 2.59. The summed E-state index contributed by atoms with van der Waals surface area (Å²) in [7, 11) is 0. The van der Waals surface area contributed by atoms with Crippen LogP contribution in [0.4, 0.5) is 0 Å². The van der Waals surface area contributed by atoms with Crippen LogP contribution in [0, 0.1) is 0 Å². The van der Waals surface area contributed by atoms with Crippen LogP contribution in [0.3, 0.4) is 0 Å². The van der Waals surface area contributed by atoms with Crippen LogP contribution in [-0.4, -0.2) is 0 Å². The predicted molar refractivity (Wildman–Crippen MR) is 153 cm³/mol. The second-order valence-corrected chi connectivity index (χ2v) is 11.4. The molecule has 0 bridgehead atoms. The Morgan fingerprint density at radius 1 is 0.514 bits per heavy atom. The molecule has 0 radical (unpaired) electrons. The topological polar surface area (TPSA) is 0 Å². The van der Waals surface area contributed by atoms with Gasteiger partial charge in [-0.1, -0.05) is 101 Å². The van der Waals surface area contributed by atoms with E-state index in [9.17, 15) is 0 Å². The molecule has 0 saturated carbocycles. The van der Waals surface area contributed by atoms with Crippen LogP contribution < -0.4 is 0 Å². The summed E-state index contributed by atoms with van der Waals surface area (Å²) in [5.41, 5.74) is 10.3. The summed E-state index contributed by atoms with van der Waals surface area (Å²) in [6, 6.07) is 38.5. The number of benzene rings is 5. The SMILES string of the molecule is Brc1ccc2c(c1)C=Cc1ccccc1C21c2ccccc2-c2cc3c(cc21)sc1ccccc13. The number of hydrogen-bond acceptors (Lipinski definition) is 1. The summed E-state index contributed by atoms with van der Waals surface area (Å²) in [6.07, 6.45) is 4.57. The van der Waals surface area contributed by atoms with E-state index in [4.69, 9.17) is 0 Å². The van der Waals surface area contributed by atoms with E-state index in [0.29, 0.717) is 0 Å². The minimum absolute atomic E-state index is 0.369. The van der Waals surface area contributed by atoms with Gasteiger partial charge in [-0.15, -0.1) is 11.3 Å².